The molecule has 0 radical (unpaired) electrons. The van der Waals surface area contributed by atoms with Crippen LogP contribution >= 0.6 is 0 Å². The van der Waals surface area contributed by atoms with Crippen LogP contribution in [0.25, 0.3) is 11.0 Å². The zero-order valence-electron chi connectivity index (χ0n) is 19.9. The lowest BCUT2D eigenvalue weighted by molar-refractivity contribution is -0.0186. The van der Waals surface area contributed by atoms with Crippen molar-refractivity contribution in [2.75, 3.05) is 19.6 Å². The fourth-order valence-electron chi connectivity index (χ4n) is 5.42. The summed E-state index contributed by atoms with van der Waals surface area (Å²) in [6, 6.07) is 16.5. The lowest BCUT2D eigenvalue weighted by Gasteiger charge is -2.32. The quantitative estimate of drug-likeness (QED) is 0.410. The Kier molecular flexibility index (Phi) is 5.89. The summed E-state index contributed by atoms with van der Waals surface area (Å²) in [4.78, 5) is 23.7. The van der Waals surface area contributed by atoms with Crippen molar-refractivity contribution in [3.05, 3.63) is 118 Å². The van der Waals surface area contributed by atoms with Gasteiger partial charge in [-0.3, -0.25) is 19.8 Å². The van der Waals surface area contributed by atoms with E-state index in [4.69, 9.17) is 4.84 Å². The van der Waals surface area contributed by atoms with E-state index in [-0.39, 0.29) is 29.2 Å². The van der Waals surface area contributed by atoms with Crippen LogP contribution in [-0.4, -0.2) is 34.1 Å². The summed E-state index contributed by atoms with van der Waals surface area (Å²) in [6.45, 7) is 2.10. The molecule has 0 atom stereocenters. The number of hydrogen-bond acceptors (Lipinski definition) is 4. The summed E-state index contributed by atoms with van der Waals surface area (Å²) in [5.74, 6) is -1.08. The van der Waals surface area contributed by atoms with Crippen LogP contribution in [0.3, 0.4) is 0 Å². The van der Waals surface area contributed by atoms with E-state index in [0.29, 0.717) is 17.6 Å². The van der Waals surface area contributed by atoms with Gasteiger partial charge in [-0.25, -0.2) is 18.0 Å². The molecule has 0 saturated carbocycles. The summed E-state index contributed by atoms with van der Waals surface area (Å²) >= 11 is 0. The monoisotopic (exact) mass is 506 g/mol. The molecule has 6 rings (SSSR count). The maximum atomic E-state index is 13.6. The van der Waals surface area contributed by atoms with Crippen molar-refractivity contribution >= 4 is 11.0 Å². The van der Waals surface area contributed by atoms with Crippen LogP contribution in [0.4, 0.5) is 13.2 Å². The molecule has 0 spiro atoms. The Morgan fingerprint density at radius 2 is 1.46 bits per heavy atom. The van der Waals surface area contributed by atoms with Crippen LogP contribution in [0.5, 0.6) is 0 Å². The second-order valence-electron chi connectivity index (χ2n) is 9.59. The first-order valence-electron chi connectivity index (χ1n) is 12.2. The summed E-state index contributed by atoms with van der Waals surface area (Å²) in [6.07, 6.45) is 3.48. The van der Waals surface area contributed by atoms with Crippen LogP contribution in [0.15, 0.2) is 83.3 Å². The van der Waals surface area contributed by atoms with E-state index in [9.17, 15) is 18.0 Å². The standard InChI is InChI=1S/C28H25F3N4O2/c29-20-5-1-18(2-6-20)28(19-3-7-21(30)8-4-19)16-23(33-37-28)17-34-13-11-24(12-14-34)35-26-10-9-22(31)15-25(26)32-27(35)36/h1-10,15-16,24,33H,11-14,17H2,(H,32,36). The molecule has 190 valence electrons. The highest BCUT2D eigenvalue weighted by Gasteiger charge is 2.39. The zero-order valence-corrected chi connectivity index (χ0v) is 19.9. The van der Waals surface area contributed by atoms with E-state index >= 15 is 0 Å². The van der Waals surface area contributed by atoms with Crippen molar-refractivity contribution in [1.29, 1.82) is 0 Å². The molecule has 3 aromatic carbocycles. The number of aromatic amines is 1. The molecule has 4 aromatic rings. The number of H-pyrrole nitrogens is 1. The van der Waals surface area contributed by atoms with Gasteiger partial charge >= 0.3 is 5.69 Å². The first-order valence-corrected chi connectivity index (χ1v) is 12.2. The SMILES string of the molecule is O=c1[nH]c2cc(F)ccc2n1C1CCN(CC2=CC(c3ccc(F)cc3)(c3ccc(F)cc3)ON2)CC1. The molecule has 0 unspecified atom stereocenters. The van der Waals surface area contributed by atoms with Gasteiger partial charge in [0.2, 0.25) is 0 Å². The highest BCUT2D eigenvalue weighted by Crippen LogP contribution is 2.39. The van der Waals surface area contributed by atoms with Crippen molar-refractivity contribution in [3.8, 4) is 0 Å². The Bertz CT molecular complexity index is 1470. The number of hydroxylamine groups is 1. The van der Waals surface area contributed by atoms with E-state index in [2.05, 4.69) is 15.4 Å². The van der Waals surface area contributed by atoms with Crippen molar-refractivity contribution in [2.24, 2.45) is 0 Å². The molecular formula is C28H25F3N4O2. The second kappa shape index (κ2) is 9.24. The van der Waals surface area contributed by atoms with Gasteiger partial charge in [-0.05, 0) is 72.5 Å². The summed E-state index contributed by atoms with van der Waals surface area (Å²) in [7, 11) is 0. The van der Waals surface area contributed by atoms with Gasteiger partial charge in [-0.15, -0.1) is 0 Å². The minimum absolute atomic E-state index is 0.0160. The number of imidazole rings is 1. The normalized spacial score (nSPS) is 18.2. The van der Waals surface area contributed by atoms with Crippen LogP contribution < -0.4 is 11.2 Å². The molecule has 1 aromatic heterocycles. The molecule has 1 saturated heterocycles. The number of nitrogens with zero attached hydrogens (tertiary/aromatic N) is 2. The molecule has 0 bridgehead atoms. The van der Waals surface area contributed by atoms with E-state index in [1.54, 1.807) is 34.9 Å². The van der Waals surface area contributed by atoms with E-state index in [0.717, 1.165) is 42.8 Å². The molecule has 2 aliphatic heterocycles. The molecule has 0 aliphatic carbocycles. The molecular weight excluding hydrogens is 481 g/mol. The van der Waals surface area contributed by atoms with E-state index in [1.165, 1.54) is 36.4 Å². The molecule has 6 nitrogen and oxygen atoms in total. The third-order valence-electron chi connectivity index (χ3n) is 7.26. The summed E-state index contributed by atoms with van der Waals surface area (Å²) < 4.78 is 42.6. The van der Waals surface area contributed by atoms with E-state index < -0.39 is 5.60 Å². The average Bonchev–Trinajstić information content (AvgIpc) is 3.46. The Labute approximate surface area is 210 Å². The van der Waals surface area contributed by atoms with Crippen LogP contribution in [0.1, 0.15) is 30.0 Å². The molecule has 0 amide bonds. The minimum Gasteiger partial charge on any atom is -0.305 e. The fraction of sp³-hybridized carbons (Fsp3) is 0.250. The minimum atomic E-state index is -1.03. The molecule has 3 heterocycles. The van der Waals surface area contributed by atoms with Gasteiger partial charge in [0.05, 0.1) is 16.7 Å². The van der Waals surface area contributed by atoms with Gasteiger partial charge in [-0.2, -0.15) is 0 Å². The Morgan fingerprint density at radius 1 is 0.865 bits per heavy atom. The number of fused-ring (bicyclic) bond motifs is 1. The van der Waals surface area contributed by atoms with Crippen molar-refractivity contribution in [2.45, 2.75) is 24.5 Å². The third kappa shape index (κ3) is 4.34. The first kappa shape index (κ1) is 23.6. The van der Waals surface area contributed by atoms with Gasteiger partial charge in [0, 0.05) is 25.7 Å². The number of benzene rings is 3. The fourth-order valence-corrected chi connectivity index (χ4v) is 5.42. The number of nitrogens with one attached hydrogen (secondary N) is 2. The lowest BCUT2D eigenvalue weighted by atomic mass is 9.86. The third-order valence-corrected chi connectivity index (χ3v) is 7.26. The Balaban J connectivity index is 1.21. The largest absolute Gasteiger partial charge is 0.326 e. The molecule has 2 N–H and O–H groups in total. The van der Waals surface area contributed by atoms with Crippen LogP contribution in [0, 0.1) is 17.5 Å². The smallest absolute Gasteiger partial charge is 0.305 e. The Morgan fingerprint density at radius 3 is 2.08 bits per heavy atom. The average molecular weight is 507 g/mol. The van der Waals surface area contributed by atoms with Crippen molar-refractivity contribution in [1.82, 2.24) is 19.9 Å². The predicted molar refractivity (Wildman–Crippen MR) is 133 cm³/mol. The molecule has 9 heteroatoms. The van der Waals surface area contributed by atoms with Gasteiger partial charge in [0.1, 0.15) is 17.5 Å². The molecule has 37 heavy (non-hydrogen) atoms. The second-order valence-corrected chi connectivity index (χ2v) is 9.59. The molecule has 1 fully saturated rings. The topological polar surface area (TPSA) is 62.3 Å². The highest BCUT2D eigenvalue weighted by atomic mass is 19.1. The van der Waals surface area contributed by atoms with Gasteiger partial charge in [-0.1, -0.05) is 24.3 Å². The number of aromatic nitrogens is 2. The van der Waals surface area contributed by atoms with E-state index in [1.807, 2.05) is 6.08 Å². The Hall–Kier alpha value is -3.82. The maximum Gasteiger partial charge on any atom is 0.326 e. The summed E-state index contributed by atoms with van der Waals surface area (Å²) in [5.41, 5.74) is 5.27. The number of halogens is 3. The number of hydrogen-bond donors (Lipinski definition) is 2. The van der Waals surface area contributed by atoms with Crippen LogP contribution in [0.2, 0.25) is 0 Å². The predicted octanol–water partition coefficient (Wildman–Crippen LogP) is 4.75. The lowest BCUT2D eigenvalue weighted by Crippen LogP contribution is -2.38. The maximum absolute atomic E-state index is 13.6. The number of likely N-dealkylation sites (tertiary alicyclic amines) is 1. The molecule has 2 aliphatic rings. The van der Waals surface area contributed by atoms with Crippen molar-refractivity contribution in [3.63, 3.8) is 0 Å². The zero-order chi connectivity index (χ0) is 25.6. The summed E-state index contributed by atoms with van der Waals surface area (Å²) in [5, 5.41) is 0. The first-order chi connectivity index (χ1) is 17.9. The van der Waals surface area contributed by atoms with Crippen LogP contribution in [-0.2, 0) is 10.4 Å². The number of piperidine rings is 1. The van der Waals surface area contributed by atoms with Gasteiger partial charge in [0.15, 0.2) is 5.60 Å². The number of rotatable bonds is 5. The van der Waals surface area contributed by atoms with Crippen molar-refractivity contribution < 1.29 is 18.0 Å². The highest BCUT2D eigenvalue weighted by molar-refractivity contribution is 5.75. The van der Waals surface area contributed by atoms with Gasteiger partial charge in [0.25, 0.3) is 0 Å². The van der Waals surface area contributed by atoms with Gasteiger partial charge < -0.3 is 4.98 Å².